The zero-order chi connectivity index (χ0) is 18.7. The largest absolute Gasteiger partial charge is 0.348 e. The van der Waals surface area contributed by atoms with Crippen LogP contribution < -0.4 is 4.90 Å². The first-order valence-electron chi connectivity index (χ1n) is 9.98. The molecule has 1 aliphatic carbocycles. The molecule has 2 aliphatic rings. The second-order valence-corrected chi connectivity index (χ2v) is 7.90. The molecular formula is C22H22N6. The summed E-state index contributed by atoms with van der Waals surface area (Å²) in [7, 11) is 0. The summed E-state index contributed by atoms with van der Waals surface area (Å²) >= 11 is 0. The molecule has 1 N–H and O–H groups in total. The zero-order valence-corrected chi connectivity index (χ0v) is 15.8. The predicted molar refractivity (Wildman–Crippen MR) is 108 cm³/mol. The number of fused-ring (bicyclic) bond motifs is 2. The van der Waals surface area contributed by atoms with E-state index in [0.717, 1.165) is 35.7 Å². The smallest absolute Gasteiger partial charge is 0.129 e. The summed E-state index contributed by atoms with van der Waals surface area (Å²) in [6.07, 6.45) is 7.27. The highest BCUT2D eigenvalue weighted by atomic mass is 15.3. The molecule has 5 heterocycles. The molecule has 6 nitrogen and oxygen atoms in total. The Kier molecular flexibility index (Phi) is 3.36. The van der Waals surface area contributed by atoms with E-state index in [2.05, 4.69) is 52.1 Å². The highest BCUT2D eigenvalue weighted by Gasteiger charge is 2.34. The molecule has 140 valence electrons. The molecule has 28 heavy (non-hydrogen) atoms. The average molecular weight is 370 g/mol. The van der Waals surface area contributed by atoms with Crippen molar-refractivity contribution in [3.05, 3.63) is 77.3 Å². The van der Waals surface area contributed by atoms with Crippen LogP contribution in [-0.2, 0) is 6.42 Å². The SMILES string of the molecule is Cc1cccn2nc([C@H]3c4nc[nH]c4CCN3c3cccc(C4CC4)n3)cc12. The lowest BCUT2D eigenvalue weighted by Gasteiger charge is -2.35. The van der Waals surface area contributed by atoms with Gasteiger partial charge in [0.2, 0.25) is 0 Å². The van der Waals surface area contributed by atoms with Crippen molar-refractivity contribution in [2.24, 2.45) is 0 Å². The lowest BCUT2D eigenvalue weighted by Crippen LogP contribution is -2.37. The van der Waals surface area contributed by atoms with Crippen molar-refractivity contribution < 1.29 is 0 Å². The third-order valence-corrected chi connectivity index (χ3v) is 5.98. The number of aromatic amines is 1. The Balaban J connectivity index is 1.50. The number of anilines is 1. The van der Waals surface area contributed by atoms with Crippen LogP contribution in [0.2, 0.25) is 0 Å². The number of aromatic nitrogens is 5. The van der Waals surface area contributed by atoms with Crippen LogP contribution in [0.1, 0.15) is 53.1 Å². The Hall–Kier alpha value is -3.15. The summed E-state index contributed by atoms with van der Waals surface area (Å²) in [5.41, 5.74) is 6.86. The topological polar surface area (TPSA) is 62.1 Å². The molecule has 0 spiro atoms. The Morgan fingerprint density at radius 2 is 2.04 bits per heavy atom. The molecule has 0 aromatic carbocycles. The zero-order valence-electron chi connectivity index (χ0n) is 15.8. The van der Waals surface area contributed by atoms with E-state index in [0.29, 0.717) is 5.92 Å². The Morgan fingerprint density at radius 3 is 2.89 bits per heavy atom. The van der Waals surface area contributed by atoms with Gasteiger partial charge in [0.05, 0.1) is 23.2 Å². The van der Waals surface area contributed by atoms with Crippen molar-refractivity contribution in [3.63, 3.8) is 0 Å². The maximum atomic E-state index is 5.02. The van der Waals surface area contributed by atoms with Gasteiger partial charge in [-0.2, -0.15) is 5.10 Å². The van der Waals surface area contributed by atoms with Crippen molar-refractivity contribution >= 4 is 11.3 Å². The van der Waals surface area contributed by atoms with Gasteiger partial charge in [-0.1, -0.05) is 12.1 Å². The minimum Gasteiger partial charge on any atom is -0.348 e. The molecule has 0 saturated heterocycles. The van der Waals surface area contributed by atoms with Gasteiger partial charge in [0.1, 0.15) is 11.9 Å². The summed E-state index contributed by atoms with van der Waals surface area (Å²) < 4.78 is 1.97. The van der Waals surface area contributed by atoms with Crippen LogP contribution in [0.4, 0.5) is 5.82 Å². The summed E-state index contributed by atoms with van der Waals surface area (Å²) in [6, 6.07) is 12.8. The van der Waals surface area contributed by atoms with Gasteiger partial charge >= 0.3 is 0 Å². The molecule has 4 aromatic heterocycles. The maximum Gasteiger partial charge on any atom is 0.129 e. The van der Waals surface area contributed by atoms with E-state index >= 15 is 0 Å². The Labute approximate surface area is 163 Å². The number of rotatable bonds is 3. The number of hydrogen-bond acceptors (Lipinski definition) is 4. The van der Waals surface area contributed by atoms with Crippen molar-refractivity contribution in [3.8, 4) is 0 Å². The van der Waals surface area contributed by atoms with E-state index in [1.165, 1.54) is 29.8 Å². The van der Waals surface area contributed by atoms with Crippen molar-refractivity contribution in [1.82, 2.24) is 24.6 Å². The number of nitrogens with zero attached hydrogens (tertiary/aromatic N) is 5. The predicted octanol–water partition coefficient (Wildman–Crippen LogP) is 3.79. The molecule has 1 saturated carbocycles. The number of aryl methyl sites for hydroxylation is 1. The number of nitrogens with one attached hydrogen (secondary N) is 1. The van der Waals surface area contributed by atoms with Crippen molar-refractivity contribution in [2.75, 3.05) is 11.4 Å². The first kappa shape index (κ1) is 15.9. The van der Waals surface area contributed by atoms with Gasteiger partial charge < -0.3 is 9.88 Å². The second-order valence-electron chi connectivity index (χ2n) is 7.90. The standard InChI is InChI=1S/C22H22N6/c1-14-4-3-10-28-19(14)12-18(26-28)22-21-17(23-13-24-21)9-11-27(22)20-6-2-5-16(25-20)15-7-8-15/h2-6,10,12-13,15,22H,7-9,11H2,1H3,(H,23,24)/t22-/m0/s1. The molecule has 0 radical (unpaired) electrons. The van der Waals surface area contributed by atoms with E-state index in [1.807, 2.05) is 16.8 Å². The van der Waals surface area contributed by atoms with Gasteiger partial charge in [-0.15, -0.1) is 0 Å². The van der Waals surface area contributed by atoms with Gasteiger partial charge in [0.25, 0.3) is 0 Å². The monoisotopic (exact) mass is 370 g/mol. The van der Waals surface area contributed by atoms with Gasteiger partial charge in [0.15, 0.2) is 0 Å². The van der Waals surface area contributed by atoms with Gasteiger partial charge in [-0.05, 0) is 49.6 Å². The molecule has 6 heteroatoms. The maximum absolute atomic E-state index is 5.02. The molecule has 1 aliphatic heterocycles. The van der Waals surface area contributed by atoms with Crippen LogP contribution in [0.25, 0.3) is 5.52 Å². The van der Waals surface area contributed by atoms with Crippen LogP contribution in [0, 0.1) is 6.92 Å². The van der Waals surface area contributed by atoms with Gasteiger partial charge in [-0.25, -0.2) is 14.5 Å². The summed E-state index contributed by atoms with van der Waals surface area (Å²) in [6.45, 7) is 3.02. The minimum atomic E-state index is -0.0312. The van der Waals surface area contributed by atoms with E-state index < -0.39 is 0 Å². The lowest BCUT2D eigenvalue weighted by atomic mass is 9.99. The van der Waals surface area contributed by atoms with Crippen LogP contribution in [-0.4, -0.2) is 31.1 Å². The van der Waals surface area contributed by atoms with Crippen molar-refractivity contribution in [1.29, 1.82) is 0 Å². The molecule has 0 unspecified atom stereocenters. The van der Waals surface area contributed by atoms with Gasteiger partial charge in [-0.3, -0.25) is 0 Å². The number of imidazole rings is 1. The summed E-state index contributed by atoms with van der Waals surface area (Å²) in [5.74, 6) is 1.67. The fourth-order valence-corrected chi connectivity index (χ4v) is 4.34. The third kappa shape index (κ3) is 2.44. The minimum absolute atomic E-state index is 0.0312. The molecule has 0 amide bonds. The number of hydrogen-bond donors (Lipinski definition) is 1. The molecule has 4 aromatic rings. The molecule has 1 atom stereocenters. The second kappa shape index (κ2) is 5.92. The van der Waals surface area contributed by atoms with E-state index in [1.54, 1.807) is 6.33 Å². The van der Waals surface area contributed by atoms with Gasteiger partial charge in [0, 0.05) is 36.5 Å². The highest BCUT2D eigenvalue weighted by molar-refractivity contribution is 5.57. The van der Waals surface area contributed by atoms with Crippen molar-refractivity contribution in [2.45, 2.75) is 38.1 Å². The first-order chi connectivity index (χ1) is 13.8. The third-order valence-electron chi connectivity index (χ3n) is 5.98. The van der Waals surface area contributed by atoms with E-state index in [9.17, 15) is 0 Å². The fraction of sp³-hybridized carbons (Fsp3) is 0.318. The average Bonchev–Trinajstić information content (AvgIpc) is 3.30. The normalized spacial score (nSPS) is 19.2. The van der Waals surface area contributed by atoms with Crippen LogP contribution >= 0.6 is 0 Å². The number of H-pyrrole nitrogens is 1. The quantitative estimate of drug-likeness (QED) is 0.596. The number of pyridine rings is 2. The van der Waals surface area contributed by atoms with Crippen LogP contribution in [0.5, 0.6) is 0 Å². The van der Waals surface area contributed by atoms with E-state index in [-0.39, 0.29) is 6.04 Å². The molecular weight excluding hydrogens is 348 g/mol. The Bertz CT molecular complexity index is 1170. The molecule has 1 fully saturated rings. The molecule has 6 rings (SSSR count). The summed E-state index contributed by atoms with van der Waals surface area (Å²) in [5, 5.41) is 4.91. The first-order valence-corrected chi connectivity index (χ1v) is 9.98. The van der Waals surface area contributed by atoms with Crippen LogP contribution in [0.3, 0.4) is 0 Å². The lowest BCUT2D eigenvalue weighted by molar-refractivity contribution is 0.609. The summed E-state index contributed by atoms with van der Waals surface area (Å²) in [4.78, 5) is 15.4. The Morgan fingerprint density at radius 1 is 1.11 bits per heavy atom. The highest BCUT2D eigenvalue weighted by Crippen LogP contribution is 2.41. The van der Waals surface area contributed by atoms with Crippen LogP contribution in [0.15, 0.2) is 48.9 Å². The fourth-order valence-electron chi connectivity index (χ4n) is 4.34. The van der Waals surface area contributed by atoms with E-state index in [4.69, 9.17) is 10.1 Å². The molecule has 0 bridgehead atoms.